The first-order valence-electron chi connectivity index (χ1n) is 6.61. The van der Waals surface area contributed by atoms with Crippen molar-refractivity contribution in [2.75, 3.05) is 27.3 Å². The van der Waals surface area contributed by atoms with Gasteiger partial charge in [0.2, 0.25) is 0 Å². The van der Waals surface area contributed by atoms with Crippen LogP contribution in [0.4, 0.5) is 0 Å². The molecule has 1 N–H and O–H groups in total. The molecule has 1 aliphatic carbocycles. The van der Waals surface area contributed by atoms with Crippen LogP contribution in [0.3, 0.4) is 0 Å². The summed E-state index contributed by atoms with van der Waals surface area (Å²) in [5, 5.41) is 8.72. The minimum absolute atomic E-state index is 0.332. The molecule has 1 rings (SSSR count). The van der Waals surface area contributed by atoms with E-state index in [2.05, 4.69) is 11.9 Å². The highest BCUT2D eigenvalue weighted by atomic mass is 16.5. The van der Waals surface area contributed by atoms with Crippen LogP contribution in [-0.2, 0) is 4.74 Å². The summed E-state index contributed by atoms with van der Waals surface area (Å²) < 4.78 is 5.45. The van der Waals surface area contributed by atoms with E-state index < -0.39 is 0 Å². The molecule has 1 aliphatic rings. The zero-order valence-electron chi connectivity index (χ0n) is 10.8. The Morgan fingerprint density at radius 1 is 1.25 bits per heavy atom. The second kappa shape index (κ2) is 8.04. The van der Waals surface area contributed by atoms with Gasteiger partial charge in [0.15, 0.2) is 0 Å². The number of nitrogens with zero attached hydrogens (tertiary/aromatic N) is 1. The van der Waals surface area contributed by atoms with E-state index in [9.17, 15) is 0 Å². The summed E-state index contributed by atoms with van der Waals surface area (Å²) in [4.78, 5) is 2.47. The Morgan fingerprint density at radius 2 is 2.06 bits per heavy atom. The van der Waals surface area contributed by atoms with Crippen molar-refractivity contribution < 1.29 is 9.84 Å². The fraction of sp³-hybridized carbons (Fsp3) is 1.00. The van der Waals surface area contributed by atoms with Crippen molar-refractivity contribution in [3.63, 3.8) is 0 Å². The SMILES string of the molecule is COC1CCCC(N(C)CCCCCO)C1. The zero-order chi connectivity index (χ0) is 11.8. The van der Waals surface area contributed by atoms with Gasteiger partial charge in [0.25, 0.3) is 0 Å². The predicted molar refractivity (Wildman–Crippen MR) is 66.6 cm³/mol. The van der Waals surface area contributed by atoms with Gasteiger partial charge in [-0.15, -0.1) is 0 Å². The normalized spacial score (nSPS) is 26.2. The molecule has 0 aliphatic heterocycles. The average molecular weight is 229 g/mol. The average Bonchev–Trinajstić information content (AvgIpc) is 2.34. The summed E-state index contributed by atoms with van der Waals surface area (Å²) in [5.41, 5.74) is 0. The maximum absolute atomic E-state index is 8.72. The molecule has 1 fully saturated rings. The molecular weight excluding hydrogens is 202 g/mol. The maximum atomic E-state index is 8.72. The molecule has 2 atom stereocenters. The number of ether oxygens (including phenoxy) is 1. The smallest absolute Gasteiger partial charge is 0.0586 e. The largest absolute Gasteiger partial charge is 0.396 e. The fourth-order valence-corrected chi connectivity index (χ4v) is 2.57. The minimum atomic E-state index is 0.332. The summed E-state index contributed by atoms with van der Waals surface area (Å²) in [7, 11) is 4.05. The third-order valence-corrected chi connectivity index (χ3v) is 3.72. The third-order valence-electron chi connectivity index (χ3n) is 3.72. The minimum Gasteiger partial charge on any atom is -0.396 e. The molecule has 0 saturated heterocycles. The van der Waals surface area contributed by atoms with Gasteiger partial charge in [-0.1, -0.05) is 0 Å². The molecule has 0 aromatic heterocycles. The Bertz CT molecular complexity index is 175. The Labute approximate surface area is 99.8 Å². The van der Waals surface area contributed by atoms with Crippen LogP contribution in [0.25, 0.3) is 0 Å². The number of hydrogen-bond acceptors (Lipinski definition) is 3. The van der Waals surface area contributed by atoms with Crippen LogP contribution in [-0.4, -0.2) is 49.5 Å². The van der Waals surface area contributed by atoms with Gasteiger partial charge in [-0.2, -0.15) is 0 Å². The van der Waals surface area contributed by atoms with Crippen molar-refractivity contribution in [3.05, 3.63) is 0 Å². The van der Waals surface area contributed by atoms with Gasteiger partial charge in [-0.25, -0.2) is 0 Å². The maximum Gasteiger partial charge on any atom is 0.0586 e. The second-order valence-corrected chi connectivity index (χ2v) is 4.94. The monoisotopic (exact) mass is 229 g/mol. The van der Waals surface area contributed by atoms with Crippen molar-refractivity contribution >= 4 is 0 Å². The summed E-state index contributed by atoms with van der Waals surface area (Å²) in [5.74, 6) is 0. The van der Waals surface area contributed by atoms with E-state index in [1.54, 1.807) is 0 Å². The Balaban J connectivity index is 2.16. The molecule has 96 valence electrons. The molecule has 2 unspecified atom stereocenters. The highest BCUT2D eigenvalue weighted by Gasteiger charge is 2.24. The van der Waals surface area contributed by atoms with E-state index in [1.807, 2.05) is 7.11 Å². The van der Waals surface area contributed by atoms with E-state index in [-0.39, 0.29) is 0 Å². The zero-order valence-corrected chi connectivity index (χ0v) is 10.8. The molecule has 0 amide bonds. The number of aliphatic hydroxyl groups excluding tert-OH is 1. The van der Waals surface area contributed by atoms with Crippen LogP contribution in [0.1, 0.15) is 44.9 Å². The Morgan fingerprint density at radius 3 is 2.75 bits per heavy atom. The van der Waals surface area contributed by atoms with Gasteiger partial charge in [-0.05, 0) is 58.5 Å². The van der Waals surface area contributed by atoms with Gasteiger partial charge in [0.1, 0.15) is 0 Å². The first kappa shape index (κ1) is 13.9. The number of hydrogen-bond donors (Lipinski definition) is 1. The van der Waals surface area contributed by atoms with Crippen LogP contribution in [0.5, 0.6) is 0 Å². The number of aliphatic hydroxyl groups is 1. The van der Waals surface area contributed by atoms with Crippen molar-refractivity contribution in [3.8, 4) is 0 Å². The lowest BCUT2D eigenvalue weighted by Crippen LogP contribution is -2.38. The Hall–Kier alpha value is -0.120. The number of methoxy groups -OCH3 is 1. The first-order valence-corrected chi connectivity index (χ1v) is 6.61. The summed E-state index contributed by atoms with van der Waals surface area (Å²) in [6.07, 6.45) is 8.78. The van der Waals surface area contributed by atoms with Crippen molar-refractivity contribution in [2.24, 2.45) is 0 Å². The van der Waals surface area contributed by atoms with Crippen molar-refractivity contribution in [2.45, 2.75) is 57.1 Å². The summed E-state index contributed by atoms with van der Waals surface area (Å²) >= 11 is 0. The van der Waals surface area contributed by atoms with E-state index in [0.29, 0.717) is 18.8 Å². The quantitative estimate of drug-likeness (QED) is 0.678. The molecule has 0 spiro atoms. The van der Waals surface area contributed by atoms with E-state index >= 15 is 0 Å². The van der Waals surface area contributed by atoms with Crippen molar-refractivity contribution in [1.29, 1.82) is 0 Å². The van der Waals surface area contributed by atoms with E-state index in [0.717, 1.165) is 19.4 Å². The van der Waals surface area contributed by atoms with Gasteiger partial charge < -0.3 is 14.7 Å². The van der Waals surface area contributed by atoms with Crippen LogP contribution in [0.2, 0.25) is 0 Å². The van der Waals surface area contributed by atoms with Crippen LogP contribution in [0.15, 0.2) is 0 Å². The molecule has 0 aromatic rings. The van der Waals surface area contributed by atoms with Crippen LogP contribution in [0, 0.1) is 0 Å². The number of unbranched alkanes of at least 4 members (excludes halogenated alkanes) is 2. The predicted octanol–water partition coefficient (Wildman–Crippen LogP) is 2.04. The molecular formula is C13H27NO2. The standard InChI is InChI=1S/C13H27NO2/c1-14(9-4-3-5-10-15)12-7-6-8-13(11-12)16-2/h12-13,15H,3-11H2,1-2H3. The van der Waals surface area contributed by atoms with Gasteiger partial charge in [0, 0.05) is 19.8 Å². The topological polar surface area (TPSA) is 32.7 Å². The van der Waals surface area contributed by atoms with Gasteiger partial charge in [-0.3, -0.25) is 0 Å². The highest BCUT2D eigenvalue weighted by molar-refractivity contribution is 4.79. The lowest BCUT2D eigenvalue weighted by Gasteiger charge is -2.34. The van der Waals surface area contributed by atoms with Crippen LogP contribution >= 0.6 is 0 Å². The van der Waals surface area contributed by atoms with E-state index in [4.69, 9.17) is 9.84 Å². The van der Waals surface area contributed by atoms with E-state index in [1.165, 1.54) is 32.1 Å². The lowest BCUT2D eigenvalue weighted by atomic mass is 9.92. The molecule has 0 heterocycles. The molecule has 0 aromatic carbocycles. The Kier molecular flexibility index (Phi) is 7.01. The highest BCUT2D eigenvalue weighted by Crippen LogP contribution is 2.24. The molecule has 16 heavy (non-hydrogen) atoms. The molecule has 3 heteroatoms. The summed E-state index contributed by atoms with van der Waals surface area (Å²) in [6.45, 7) is 1.49. The molecule has 0 bridgehead atoms. The lowest BCUT2D eigenvalue weighted by molar-refractivity contribution is 0.0342. The number of rotatable bonds is 7. The molecule has 3 nitrogen and oxygen atoms in total. The molecule has 0 radical (unpaired) electrons. The first-order chi connectivity index (χ1) is 7.77. The third kappa shape index (κ3) is 4.81. The molecule has 1 saturated carbocycles. The van der Waals surface area contributed by atoms with Crippen LogP contribution < -0.4 is 0 Å². The second-order valence-electron chi connectivity index (χ2n) is 4.94. The van der Waals surface area contributed by atoms with Crippen molar-refractivity contribution in [1.82, 2.24) is 4.90 Å². The summed E-state index contributed by atoms with van der Waals surface area (Å²) in [6, 6.07) is 0.702. The van der Waals surface area contributed by atoms with Gasteiger partial charge in [0.05, 0.1) is 6.10 Å². The fourth-order valence-electron chi connectivity index (χ4n) is 2.57. The van der Waals surface area contributed by atoms with Gasteiger partial charge >= 0.3 is 0 Å².